The van der Waals surface area contributed by atoms with E-state index in [0.29, 0.717) is 6.04 Å². The Hall–Kier alpha value is -0.860. The van der Waals surface area contributed by atoms with Crippen molar-refractivity contribution in [1.82, 2.24) is 5.32 Å². The summed E-state index contributed by atoms with van der Waals surface area (Å²) in [6.45, 7) is 6.08. The molecule has 1 unspecified atom stereocenters. The van der Waals surface area contributed by atoms with Crippen molar-refractivity contribution in [2.75, 3.05) is 13.2 Å². The van der Waals surface area contributed by atoms with E-state index >= 15 is 0 Å². The maximum atomic E-state index is 6.28. The maximum absolute atomic E-state index is 6.28. The first kappa shape index (κ1) is 14.5. The molecule has 2 nitrogen and oxygen atoms in total. The topological polar surface area (TPSA) is 21.3 Å². The van der Waals surface area contributed by atoms with Crippen LogP contribution in [0, 0.1) is 0 Å². The summed E-state index contributed by atoms with van der Waals surface area (Å²) in [4.78, 5) is 0. The fraction of sp³-hybridized carbons (Fsp3) is 0.647. The average Bonchev–Trinajstić information content (AvgIpc) is 2.47. The standard InChI is InChI=1S/C17H27NO/c1-3-18-16(15-11-7-5-8-12-15)17(19-4-2)13-9-6-10-14-17/h5,7-8,11-12,16,18H,3-4,6,9-10,13-14H2,1-2H3. The zero-order valence-corrected chi connectivity index (χ0v) is 12.3. The van der Waals surface area contributed by atoms with Gasteiger partial charge in [-0.25, -0.2) is 0 Å². The van der Waals surface area contributed by atoms with Crippen molar-refractivity contribution in [3.63, 3.8) is 0 Å². The van der Waals surface area contributed by atoms with E-state index in [-0.39, 0.29) is 5.60 Å². The van der Waals surface area contributed by atoms with Crippen LogP contribution in [0.5, 0.6) is 0 Å². The van der Waals surface area contributed by atoms with Gasteiger partial charge in [0.05, 0.1) is 11.6 Å². The van der Waals surface area contributed by atoms with E-state index in [1.807, 2.05) is 0 Å². The van der Waals surface area contributed by atoms with E-state index in [9.17, 15) is 0 Å². The highest BCUT2D eigenvalue weighted by Gasteiger charge is 2.40. The summed E-state index contributed by atoms with van der Waals surface area (Å²) in [6.07, 6.45) is 6.27. The lowest BCUT2D eigenvalue weighted by molar-refractivity contribution is -0.0909. The van der Waals surface area contributed by atoms with Crippen molar-refractivity contribution >= 4 is 0 Å². The predicted octanol–water partition coefficient (Wildman–Crippen LogP) is 4.08. The second-order valence-corrected chi connectivity index (χ2v) is 5.46. The Bertz CT molecular complexity index is 351. The highest BCUT2D eigenvalue weighted by atomic mass is 16.5. The Labute approximate surface area is 117 Å². The Kier molecular flexibility index (Phi) is 5.41. The predicted molar refractivity (Wildman–Crippen MR) is 80.3 cm³/mol. The zero-order chi connectivity index (χ0) is 13.6. The van der Waals surface area contributed by atoms with Crippen LogP contribution in [0.15, 0.2) is 30.3 Å². The fourth-order valence-electron chi connectivity index (χ4n) is 3.41. The number of benzene rings is 1. The van der Waals surface area contributed by atoms with Gasteiger partial charge in [0.2, 0.25) is 0 Å². The minimum atomic E-state index is -0.00956. The minimum Gasteiger partial charge on any atom is -0.373 e. The van der Waals surface area contributed by atoms with Crippen LogP contribution in [-0.4, -0.2) is 18.8 Å². The monoisotopic (exact) mass is 261 g/mol. The summed E-state index contributed by atoms with van der Waals surface area (Å²) in [5, 5.41) is 3.67. The van der Waals surface area contributed by atoms with E-state index in [1.165, 1.54) is 37.7 Å². The molecule has 0 heterocycles. The molecule has 0 radical (unpaired) electrons. The van der Waals surface area contributed by atoms with Gasteiger partial charge in [0.25, 0.3) is 0 Å². The lowest BCUT2D eigenvalue weighted by Gasteiger charge is -2.44. The Balaban J connectivity index is 2.28. The Morgan fingerprint density at radius 2 is 1.79 bits per heavy atom. The zero-order valence-electron chi connectivity index (χ0n) is 12.3. The average molecular weight is 261 g/mol. The number of ether oxygens (including phenoxy) is 1. The normalized spacial score (nSPS) is 20.1. The SMILES string of the molecule is CCNC(c1ccccc1)C1(OCC)CCCCC1. The number of rotatable bonds is 6. The molecule has 1 atom stereocenters. The third-order valence-electron chi connectivity index (χ3n) is 4.20. The molecule has 0 spiro atoms. The molecule has 0 bridgehead atoms. The molecule has 2 heteroatoms. The summed E-state index contributed by atoms with van der Waals surface area (Å²) in [5.74, 6) is 0. The molecule has 1 saturated carbocycles. The smallest absolute Gasteiger partial charge is 0.0876 e. The maximum Gasteiger partial charge on any atom is 0.0876 e. The van der Waals surface area contributed by atoms with Crippen LogP contribution in [0.4, 0.5) is 0 Å². The number of hydrogen-bond acceptors (Lipinski definition) is 2. The minimum absolute atomic E-state index is 0.00956. The van der Waals surface area contributed by atoms with Crippen molar-refractivity contribution in [3.8, 4) is 0 Å². The van der Waals surface area contributed by atoms with E-state index in [2.05, 4.69) is 49.5 Å². The molecule has 1 aliphatic rings. The van der Waals surface area contributed by atoms with Crippen LogP contribution < -0.4 is 5.32 Å². The van der Waals surface area contributed by atoms with Crippen LogP contribution in [0.25, 0.3) is 0 Å². The van der Waals surface area contributed by atoms with Gasteiger partial charge in [-0.05, 0) is 31.9 Å². The third-order valence-corrected chi connectivity index (χ3v) is 4.20. The van der Waals surface area contributed by atoms with Crippen molar-refractivity contribution in [2.24, 2.45) is 0 Å². The van der Waals surface area contributed by atoms with Gasteiger partial charge in [-0.2, -0.15) is 0 Å². The Morgan fingerprint density at radius 3 is 2.37 bits per heavy atom. The molecule has 1 aliphatic carbocycles. The van der Waals surface area contributed by atoms with Crippen molar-refractivity contribution in [3.05, 3.63) is 35.9 Å². The van der Waals surface area contributed by atoms with Crippen LogP contribution >= 0.6 is 0 Å². The summed E-state index contributed by atoms with van der Waals surface area (Å²) < 4.78 is 6.28. The van der Waals surface area contributed by atoms with Crippen molar-refractivity contribution < 1.29 is 4.74 Å². The van der Waals surface area contributed by atoms with Gasteiger partial charge in [0.1, 0.15) is 0 Å². The van der Waals surface area contributed by atoms with Crippen LogP contribution in [0.2, 0.25) is 0 Å². The van der Waals surface area contributed by atoms with Crippen LogP contribution in [0.1, 0.15) is 57.6 Å². The van der Waals surface area contributed by atoms with Crippen molar-refractivity contribution in [1.29, 1.82) is 0 Å². The highest BCUT2D eigenvalue weighted by Crippen LogP contribution is 2.41. The molecule has 2 rings (SSSR count). The Morgan fingerprint density at radius 1 is 1.11 bits per heavy atom. The number of nitrogens with one attached hydrogen (secondary N) is 1. The van der Waals surface area contributed by atoms with Gasteiger partial charge < -0.3 is 10.1 Å². The second kappa shape index (κ2) is 7.06. The highest BCUT2D eigenvalue weighted by molar-refractivity contribution is 5.23. The van der Waals surface area contributed by atoms with Crippen LogP contribution in [-0.2, 0) is 4.74 Å². The molecule has 0 aromatic heterocycles. The first-order valence-electron chi connectivity index (χ1n) is 7.74. The molecule has 106 valence electrons. The van der Waals surface area contributed by atoms with Gasteiger partial charge in [-0.1, -0.05) is 56.5 Å². The van der Waals surface area contributed by atoms with Gasteiger partial charge in [-0.15, -0.1) is 0 Å². The molecule has 0 aliphatic heterocycles. The quantitative estimate of drug-likeness (QED) is 0.833. The largest absolute Gasteiger partial charge is 0.373 e. The fourth-order valence-corrected chi connectivity index (χ4v) is 3.41. The molecule has 19 heavy (non-hydrogen) atoms. The first-order valence-corrected chi connectivity index (χ1v) is 7.74. The van der Waals surface area contributed by atoms with Gasteiger partial charge >= 0.3 is 0 Å². The third kappa shape index (κ3) is 3.37. The summed E-state index contributed by atoms with van der Waals surface area (Å²) >= 11 is 0. The van der Waals surface area contributed by atoms with Gasteiger partial charge in [-0.3, -0.25) is 0 Å². The first-order chi connectivity index (χ1) is 9.32. The number of likely N-dealkylation sites (N-methyl/N-ethyl adjacent to an activating group) is 1. The summed E-state index contributed by atoms with van der Waals surface area (Å²) in [5.41, 5.74) is 1.35. The lowest BCUT2D eigenvalue weighted by Crippen LogP contribution is -2.47. The molecular weight excluding hydrogens is 234 g/mol. The van der Waals surface area contributed by atoms with Crippen molar-refractivity contribution in [2.45, 2.75) is 57.6 Å². The molecule has 1 N–H and O–H groups in total. The van der Waals surface area contributed by atoms with E-state index in [1.54, 1.807) is 0 Å². The van der Waals surface area contributed by atoms with E-state index in [4.69, 9.17) is 4.74 Å². The lowest BCUT2D eigenvalue weighted by atomic mass is 9.76. The van der Waals surface area contributed by atoms with Crippen LogP contribution in [0.3, 0.4) is 0 Å². The summed E-state index contributed by atoms with van der Waals surface area (Å²) in [7, 11) is 0. The number of hydrogen-bond donors (Lipinski definition) is 1. The van der Waals surface area contributed by atoms with E-state index in [0.717, 1.165) is 13.2 Å². The molecule has 1 aromatic rings. The molecule has 1 fully saturated rings. The molecule has 0 saturated heterocycles. The van der Waals surface area contributed by atoms with Gasteiger partial charge in [0, 0.05) is 6.61 Å². The molecule has 1 aromatic carbocycles. The molecule has 0 amide bonds. The van der Waals surface area contributed by atoms with Gasteiger partial charge in [0.15, 0.2) is 0 Å². The van der Waals surface area contributed by atoms with E-state index < -0.39 is 0 Å². The molecular formula is C17H27NO. The summed E-state index contributed by atoms with van der Waals surface area (Å²) in [6, 6.07) is 11.1. The second-order valence-electron chi connectivity index (χ2n) is 5.46.